The van der Waals surface area contributed by atoms with Gasteiger partial charge in [0.25, 0.3) is 5.91 Å². The summed E-state index contributed by atoms with van der Waals surface area (Å²) in [5, 5.41) is 9.44. The number of rotatable bonds is 3. The van der Waals surface area contributed by atoms with Gasteiger partial charge < -0.3 is 9.88 Å². The standard InChI is InChI=1S/C23H22N4O/c1-16-7-8-20-21(13-16)26-22(25-20)18-9-11-27(12-10-18)23(28)19(15-24)14-17-5-3-2-4-6-17/h2-8,13-14,18H,9-12H2,1H3,(H,25,26)/b19-14+. The van der Waals surface area contributed by atoms with Crippen molar-refractivity contribution in [1.82, 2.24) is 14.9 Å². The largest absolute Gasteiger partial charge is 0.342 e. The molecule has 28 heavy (non-hydrogen) atoms. The molecule has 1 aromatic heterocycles. The quantitative estimate of drug-likeness (QED) is 0.555. The lowest BCUT2D eigenvalue weighted by Gasteiger charge is -2.31. The topological polar surface area (TPSA) is 72.8 Å². The average Bonchev–Trinajstić information content (AvgIpc) is 3.15. The maximum Gasteiger partial charge on any atom is 0.264 e. The number of carbonyl (C=O) groups excluding carboxylic acids is 1. The second-order valence-corrected chi connectivity index (χ2v) is 7.29. The Hall–Kier alpha value is -3.39. The zero-order valence-electron chi connectivity index (χ0n) is 15.9. The van der Waals surface area contributed by atoms with E-state index < -0.39 is 0 Å². The summed E-state index contributed by atoms with van der Waals surface area (Å²) in [4.78, 5) is 22.7. The number of hydrogen-bond donors (Lipinski definition) is 1. The minimum absolute atomic E-state index is 0.184. The molecule has 1 N–H and O–H groups in total. The van der Waals surface area contributed by atoms with Crippen LogP contribution in [0.1, 0.15) is 35.7 Å². The van der Waals surface area contributed by atoms with Crippen molar-refractivity contribution in [2.45, 2.75) is 25.7 Å². The molecule has 0 bridgehead atoms. The predicted molar refractivity (Wildman–Crippen MR) is 109 cm³/mol. The molecule has 0 radical (unpaired) electrons. The molecule has 3 aromatic rings. The second kappa shape index (κ2) is 7.69. The normalized spacial score (nSPS) is 15.6. The zero-order chi connectivity index (χ0) is 19.5. The van der Waals surface area contributed by atoms with Crippen LogP contribution in [0.25, 0.3) is 17.1 Å². The molecule has 1 amide bonds. The highest BCUT2D eigenvalue weighted by Gasteiger charge is 2.27. The maximum absolute atomic E-state index is 12.8. The van der Waals surface area contributed by atoms with E-state index in [1.165, 1.54) is 5.56 Å². The number of H-pyrrole nitrogens is 1. The van der Waals surface area contributed by atoms with Gasteiger partial charge in [-0.2, -0.15) is 5.26 Å². The summed E-state index contributed by atoms with van der Waals surface area (Å²) in [5.41, 5.74) is 4.30. The summed E-state index contributed by atoms with van der Waals surface area (Å²) in [6, 6.07) is 17.8. The fourth-order valence-electron chi connectivity index (χ4n) is 3.72. The Morgan fingerprint density at radius 3 is 2.68 bits per heavy atom. The van der Waals surface area contributed by atoms with Gasteiger partial charge in [0.15, 0.2) is 0 Å². The third kappa shape index (κ3) is 3.67. The number of carbonyl (C=O) groups is 1. The number of benzene rings is 2. The number of amides is 1. The van der Waals surface area contributed by atoms with Gasteiger partial charge >= 0.3 is 0 Å². The van der Waals surface area contributed by atoms with Crippen LogP contribution < -0.4 is 0 Å². The fraction of sp³-hybridized carbons (Fsp3) is 0.261. The average molecular weight is 370 g/mol. The number of hydrogen-bond acceptors (Lipinski definition) is 3. The summed E-state index contributed by atoms with van der Waals surface area (Å²) in [6.07, 6.45) is 3.35. The van der Waals surface area contributed by atoms with Crippen LogP contribution in [0.2, 0.25) is 0 Å². The van der Waals surface area contributed by atoms with Gasteiger partial charge in [-0.25, -0.2) is 4.98 Å². The van der Waals surface area contributed by atoms with Gasteiger partial charge in [0.05, 0.1) is 11.0 Å². The number of aromatic nitrogens is 2. The van der Waals surface area contributed by atoms with E-state index in [0.29, 0.717) is 19.0 Å². The van der Waals surface area contributed by atoms with E-state index in [1.54, 1.807) is 11.0 Å². The molecule has 0 aliphatic carbocycles. The second-order valence-electron chi connectivity index (χ2n) is 7.29. The van der Waals surface area contributed by atoms with Gasteiger partial charge in [-0.3, -0.25) is 4.79 Å². The Kier molecular flexibility index (Phi) is 4.94. The van der Waals surface area contributed by atoms with E-state index in [-0.39, 0.29) is 11.5 Å². The van der Waals surface area contributed by atoms with E-state index in [9.17, 15) is 10.1 Å². The number of nitrogens with zero attached hydrogens (tertiary/aromatic N) is 3. The number of imidazole rings is 1. The molecule has 1 aliphatic rings. The molecule has 2 aromatic carbocycles. The van der Waals surface area contributed by atoms with Crippen LogP contribution in [0.15, 0.2) is 54.1 Å². The minimum Gasteiger partial charge on any atom is -0.342 e. The van der Waals surface area contributed by atoms with Crippen molar-refractivity contribution in [3.05, 3.63) is 71.1 Å². The maximum atomic E-state index is 12.8. The van der Waals surface area contributed by atoms with Gasteiger partial charge in [-0.1, -0.05) is 36.4 Å². The Bertz CT molecular complexity index is 1070. The van der Waals surface area contributed by atoms with Crippen LogP contribution in [0, 0.1) is 18.3 Å². The molecule has 140 valence electrons. The molecular weight excluding hydrogens is 348 g/mol. The molecule has 5 nitrogen and oxygen atoms in total. The molecule has 0 atom stereocenters. The first-order valence-electron chi connectivity index (χ1n) is 9.56. The number of nitrogens with one attached hydrogen (secondary N) is 1. The van der Waals surface area contributed by atoms with Crippen molar-refractivity contribution < 1.29 is 4.79 Å². The lowest BCUT2D eigenvalue weighted by molar-refractivity contribution is -0.127. The molecule has 4 rings (SSSR count). The van der Waals surface area contributed by atoms with Crippen molar-refractivity contribution in [2.24, 2.45) is 0 Å². The van der Waals surface area contributed by atoms with Crippen LogP contribution in [0.4, 0.5) is 0 Å². The van der Waals surface area contributed by atoms with E-state index >= 15 is 0 Å². The molecule has 1 aliphatic heterocycles. The highest BCUT2D eigenvalue weighted by atomic mass is 16.2. The van der Waals surface area contributed by atoms with Crippen LogP contribution >= 0.6 is 0 Å². The van der Waals surface area contributed by atoms with E-state index in [2.05, 4.69) is 30.1 Å². The highest BCUT2D eigenvalue weighted by molar-refractivity contribution is 6.01. The van der Waals surface area contributed by atoms with Crippen molar-refractivity contribution in [2.75, 3.05) is 13.1 Å². The molecule has 1 saturated heterocycles. The Balaban J connectivity index is 1.45. The summed E-state index contributed by atoms with van der Waals surface area (Å²) in [6.45, 7) is 3.33. The molecular formula is C23H22N4O. The van der Waals surface area contributed by atoms with Crippen molar-refractivity contribution in [3.8, 4) is 6.07 Å². The van der Waals surface area contributed by atoms with Crippen molar-refractivity contribution in [1.29, 1.82) is 5.26 Å². The van der Waals surface area contributed by atoms with Gasteiger partial charge in [-0.15, -0.1) is 0 Å². The Morgan fingerprint density at radius 2 is 1.96 bits per heavy atom. The van der Waals surface area contributed by atoms with Crippen molar-refractivity contribution in [3.63, 3.8) is 0 Å². The SMILES string of the molecule is Cc1ccc2nc(C3CCN(C(=O)/C(C#N)=C/c4ccccc4)CC3)[nH]c2c1. The summed E-state index contributed by atoms with van der Waals surface area (Å²) in [5.74, 6) is 1.11. The number of aromatic amines is 1. The third-order valence-electron chi connectivity index (χ3n) is 5.29. The first kappa shape index (κ1) is 18.0. The number of aryl methyl sites for hydroxylation is 1. The number of nitriles is 1. The molecule has 1 fully saturated rings. The lowest BCUT2D eigenvalue weighted by atomic mass is 9.95. The van der Waals surface area contributed by atoms with E-state index in [1.807, 2.05) is 36.4 Å². The summed E-state index contributed by atoms with van der Waals surface area (Å²) >= 11 is 0. The molecule has 5 heteroatoms. The van der Waals surface area contributed by atoms with Crippen LogP contribution in [0.5, 0.6) is 0 Å². The third-order valence-corrected chi connectivity index (χ3v) is 5.29. The van der Waals surface area contributed by atoms with Crippen LogP contribution in [-0.4, -0.2) is 33.9 Å². The predicted octanol–water partition coefficient (Wildman–Crippen LogP) is 4.18. The summed E-state index contributed by atoms with van der Waals surface area (Å²) < 4.78 is 0. The minimum atomic E-state index is -0.190. The fourth-order valence-corrected chi connectivity index (χ4v) is 3.72. The van der Waals surface area contributed by atoms with Gasteiger partial charge in [0, 0.05) is 19.0 Å². The lowest BCUT2D eigenvalue weighted by Crippen LogP contribution is -2.38. The van der Waals surface area contributed by atoms with Gasteiger partial charge in [-0.05, 0) is 49.1 Å². The van der Waals surface area contributed by atoms with Crippen molar-refractivity contribution >= 4 is 23.0 Å². The Morgan fingerprint density at radius 1 is 1.21 bits per heavy atom. The first-order chi connectivity index (χ1) is 13.6. The molecule has 0 unspecified atom stereocenters. The smallest absolute Gasteiger partial charge is 0.264 e. The zero-order valence-corrected chi connectivity index (χ0v) is 15.9. The van der Waals surface area contributed by atoms with Crippen LogP contribution in [-0.2, 0) is 4.79 Å². The molecule has 2 heterocycles. The number of piperidine rings is 1. The number of fused-ring (bicyclic) bond motifs is 1. The van der Waals surface area contributed by atoms with Crippen LogP contribution in [0.3, 0.4) is 0 Å². The Labute approximate surface area is 164 Å². The van der Waals surface area contributed by atoms with Gasteiger partial charge in [0.1, 0.15) is 17.5 Å². The molecule has 0 saturated carbocycles. The van der Waals surface area contributed by atoms with Gasteiger partial charge in [0.2, 0.25) is 0 Å². The summed E-state index contributed by atoms with van der Waals surface area (Å²) in [7, 11) is 0. The highest BCUT2D eigenvalue weighted by Crippen LogP contribution is 2.28. The number of likely N-dealkylation sites (tertiary alicyclic amines) is 1. The monoisotopic (exact) mass is 370 g/mol. The first-order valence-corrected chi connectivity index (χ1v) is 9.56. The molecule has 0 spiro atoms. The van der Waals surface area contributed by atoms with E-state index in [0.717, 1.165) is 35.3 Å². The van der Waals surface area contributed by atoms with E-state index in [4.69, 9.17) is 4.98 Å².